The van der Waals surface area contributed by atoms with Gasteiger partial charge in [0.2, 0.25) is 0 Å². The molecule has 0 atom stereocenters. The van der Waals surface area contributed by atoms with Crippen LogP contribution in [-0.4, -0.2) is 20.1 Å². The van der Waals surface area contributed by atoms with Crippen molar-refractivity contribution in [2.24, 2.45) is 0 Å². The van der Waals surface area contributed by atoms with Crippen LogP contribution < -0.4 is 10.6 Å². The molecule has 2 aromatic rings. The summed E-state index contributed by atoms with van der Waals surface area (Å²) in [7, 11) is 3.74. The first-order valence-corrected chi connectivity index (χ1v) is 7.25. The highest BCUT2D eigenvalue weighted by molar-refractivity contribution is 9.10. The van der Waals surface area contributed by atoms with Crippen LogP contribution in [0.4, 0.5) is 11.4 Å². The summed E-state index contributed by atoms with van der Waals surface area (Å²) < 4.78 is 6.30. The molecule has 0 heterocycles. The fourth-order valence-corrected chi connectivity index (χ4v) is 2.34. The van der Waals surface area contributed by atoms with Crippen molar-refractivity contribution in [2.75, 3.05) is 24.7 Å². The molecule has 0 amide bonds. The average Bonchev–Trinajstić information content (AvgIpc) is 2.45. The lowest BCUT2D eigenvalue weighted by atomic mass is 10.1. The minimum absolute atomic E-state index is 0.210. The van der Waals surface area contributed by atoms with E-state index in [4.69, 9.17) is 10.5 Å². The fraction of sp³-hybridized carbons (Fsp3) is 0.188. The second kappa shape index (κ2) is 6.63. The molecular formula is C16H17BrN2O2. The second-order valence-electron chi connectivity index (χ2n) is 4.84. The van der Waals surface area contributed by atoms with E-state index >= 15 is 0 Å². The van der Waals surface area contributed by atoms with Crippen molar-refractivity contribution in [1.29, 1.82) is 0 Å². The Bertz CT molecular complexity index is 656. The first-order chi connectivity index (χ1) is 9.99. The van der Waals surface area contributed by atoms with Gasteiger partial charge in [-0.05, 0) is 24.3 Å². The number of nitrogens with zero attached hydrogens (tertiary/aromatic N) is 1. The van der Waals surface area contributed by atoms with E-state index in [-0.39, 0.29) is 12.6 Å². The van der Waals surface area contributed by atoms with Crippen molar-refractivity contribution < 1.29 is 9.53 Å². The topological polar surface area (TPSA) is 55.6 Å². The molecule has 21 heavy (non-hydrogen) atoms. The van der Waals surface area contributed by atoms with E-state index < -0.39 is 0 Å². The van der Waals surface area contributed by atoms with Gasteiger partial charge in [0, 0.05) is 29.8 Å². The van der Waals surface area contributed by atoms with Gasteiger partial charge in [-0.25, -0.2) is 4.79 Å². The maximum atomic E-state index is 12.3. The number of halogens is 1. The van der Waals surface area contributed by atoms with Gasteiger partial charge in [-0.2, -0.15) is 0 Å². The Kier molecular flexibility index (Phi) is 4.85. The van der Waals surface area contributed by atoms with Gasteiger partial charge in [0.1, 0.15) is 6.61 Å². The van der Waals surface area contributed by atoms with E-state index in [2.05, 4.69) is 15.9 Å². The maximum absolute atomic E-state index is 12.3. The Morgan fingerprint density at radius 2 is 1.95 bits per heavy atom. The molecule has 2 rings (SSSR count). The maximum Gasteiger partial charge on any atom is 0.340 e. The van der Waals surface area contributed by atoms with Crippen LogP contribution in [0.1, 0.15) is 15.9 Å². The zero-order chi connectivity index (χ0) is 15.4. The average molecular weight is 349 g/mol. The molecule has 0 aromatic heterocycles. The standard InChI is InChI=1S/C16H17BrN2O2/c1-19(2)15-8-7-12(18)9-13(15)16(20)21-10-11-5-3-4-6-14(11)17/h3-9H,10,18H2,1-2H3. The summed E-state index contributed by atoms with van der Waals surface area (Å²) in [5, 5.41) is 0. The van der Waals surface area contributed by atoms with Gasteiger partial charge in [-0.1, -0.05) is 34.1 Å². The summed E-state index contributed by atoms with van der Waals surface area (Å²) in [5.41, 5.74) is 8.46. The van der Waals surface area contributed by atoms with Crippen molar-refractivity contribution in [3.8, 4) is 0 Å². The zero-order valence-electron chi connectivity index (χ0n) is 12.0. The SMILES string of the molecule is CN(C)c1ccc(N)cc1C(=O)OCc1ccccc1Br. The van der Waals surface area contributed by atoms with Gasteiger partial charge in [-0.15, -0.1) is 0 Å². The van der Waals surface area contributed by atoms with Gasteiger partial charge < -0.3 is 15.4 Å². The van der Waals surface area contributed by atoms with Crippen molar-refractivity contribution in [3.63, 3.8) is 0 Å². The number of hydrogen-bond donors (Lipinski definition) is 1. The highest BCUT2D eigenvalue weighted by Gasteiger charge is 2.15. The Hall–Kier alpha value is -2.01. The van der Waals surface area contributed by atoms with Crippen LogP contribution in [0.3, 0.4) is 0 Å². The molecule has 0 aliphatic carbocycles. The number of esters is 1. The molecule has 0 fully saturated rings. The first kappa shape index (κ1) is 15.4. The summed E-state index contributed by atoms with van der Waals surface area (Å²) in [6, 6.07) is 12.8. The summed E-state index contributed by atoms with van der Waals surface area (Å²) in [6.07, 6.45) is 0. The van der Waals surface area contributed by atoms with Crippen LogP contribution >= 0.6 is 15.9 Å². The van der Waals surface area contributed by atoms with E-state index in [9.17, 15) is 4.79 Å². The Morgan fingerprint density at radius 1 is 1.24 bits per heavy atom. The Balaban J connectivity index is 2.17. The van der Waals surface area contributed by atoms with Crippen molar-refractivity contribution in [1.82, 2.24) is 0 Å². The molecule has 5 heteroatoms. The quantitative estimate of drug-likeness (QED) is 0.679. The normalized spacial score (nSPS) is 10.2. The minimum atomic E-state index is -0.387. The number of nitrogen functional groups attached to an aromatic ring is 1. The first-order valence-electron chi connectivity index (χ1n) is 6.46. The van der Waals surface area contributed by atoms with Crippen LogP contribution in [0, 0.1) is 0 Å². The Labute approximate surface area is 132 Å². The number of ether oxygens (including phenoxy) is 1. The fourth-order valence-electron chi connectivity index (χ4n) is 1.94. The number of benzene rings is 2. The third-order valence-corrected chi connectivity index (χ3v) is 3.81. The molecule has 0 saturated carbocycles. The summed E-state index contributed by atoms with van der Waals surface area (Å²) in [4.78, 5) is 14.1. The van der Waals surface area contributed by atoms with E-state index in [1.807, 2.05) is 49.3 Å². The molecule has 110 valence electrons. The molecule has 2 aromatic carbocycles. The smallest absolute Gasteiger partial charge is 0.340 e. The highest BCUT2D eigenvalue weighted by atomic mass is 79.9. The number of hydrogen-bond acceptors (Lipinski definition) is 4. The molecule has 0 aliphatic heterocycles. The number of nitrogens with two attached hydrogens (primary N) is 1. The van der Waals surface area contributed by atoms with Crippen LogP contribution in [0.5, 0.6) is 0 Å². The number of rotatable bonds is 4. The number of anilines is 2. The summed E-state index contributed by atoms with van der Waals surface area (Å²) >= 11 is 3.43. The molecule has 4 nitrogen and oxygen atoms in total. The lowest BCUT2D eigenvalue weighted by Crippen LogP contribution is -2.16. The van der Waals surface area contributed by atoms with E-state index in [0.717, 1.165) is 15.7 Å². The van der Waals surface area contributed by atoms with E-state index in [1.165, 1.54) is 0 Å². The van der Waals surface area contributed by atoms with Gasteiger partial charge in [0.25, 0.3) is 0 Å². The van der Waals surface area contributed by atoms with Crippen LogP contribution in [0.2, 0.25) is 0 Å². The molecular weight excluding hydrogens is 332 g/mol. The molecule has 0 aliphatic rings. The van der Waals surface area contributed by atoms with Crippen molar-refractivity contribution in [2.45, 2.75) is 6.61 Å². The highest BCUT2D eigenvalue weighted by Crippen LogP contribution is 2.23. The predicted molar refractivity (Wildman–Crippen MR) is 88.4 cm³/mol. The van der Waals surface area contributed by atoms with Crippen molar-refractivity contribution >= 4 is 33.3 Å². The number of carbonyl (C=O) groups is 1. The predicted octanol–water partition coefficient (Wildman–Crippen LogP) is 3.45. The summed E-state index contributed by atoms with van der Waals surface area (Å²) in [6.45, 7) is 0.210. The van der Waals surface area contributed by atoms with Crippen LogP contribution in [-0.2, 0) is 11.3 Å². The molecule has 2 N–H and O–H groups in total. The molecule has 0 spiro atoms. The van der Waals surface area contributed by atoms with Crippen LogP contribution in [0.25, 0.3) is 0 Å². The minimum Gasteiger partial charge on any atom is -0.457 e. The van der Waals surface area contributed by atoms with E-state index in [1.54, 1.807) is 12.1 Å². The molecule has 0 unspecified atom stereocenters. The zero-order valence-corrected chi connectivity index (χ0v) is 13.6. The molecule has 0 saturated heterocycles. The number of carbonyl (C=O) groups excluding carboxylic acids is 1. The molecule has 0 radical (unpaired) electrons. The van der Waals surface area contributed by atoms with E-state index in [0.29, 0.717) is 11.3 Å². The van der Waals surface area contributed by atoms with Gasteiger partial charge in [0.15, 0.2) is 0 Å². The largest absolute Gasteiger partial charge is 0.457 e. The third kappa shape index (κ3) is 3.76. The van der Waals surface area contributed by atoms with Gasteiger partial charge in [-0.3, -0.25) is 0 Å². The lowest BCUT2D eigenvalue weighted by Gasteiger charge is -2.17. The lowest BCUT2D eigenvalue weighted by molar-refractivity contribution is 0.0473. The van der Waals surface area contributed by atoms with Crippen molar-refractivity contribution in [3.05, 3.63) is 58.1 Å². The Morgan fingerprint density at radius 3 is 2.62 bits per heavy atom. The monoisotopic (exact) mass is 348 g/mol. The summed E-state index contributed by atoms with van der Waals surface area (Å²) in [5.74, 6) is -0.387. The third-order valence-electron chi connectivity index (χ3n) is 3.04. The second-order valence-corrected chi connectivity index (χ2v) is 5.69. The molecule has 0 bridgehead atoms. The van der Waals surface area contributed by atoms with Crippen LogP contribution in [0.15, 0.2) is 46.9 Å². The van der Waals surface area contributed by atoms with Gasteiger partial charge in [0.05, 0.1) is 11.3 Å². The van der Waals surface area contributed by atoms with Gasteiger partial charge >= 0.3 is 5.97 Å².